The molecule has 0 spiro atoms. The topological polar surface area (TPSA) is 55.6 Å². The van der Waals surface area contributed by atoms with Gasteiger partial charge in [0.25, 0.3) is 0 Å². The van der Waals surface area contributed by atoms with Gasteiger partial charge in [-0.1, -0.05) is 0 Å². The number of ether oxygens (including phenoxy) is 1. The molecular weight excluding hydrogens is 192 g/mol. The van der Waals surface area contributed by atoms with E-state index in [9.17, 15) is 4.79 Å². The van der Waals surface area contributed by atoms with E-state index in [1.165, 1.54) is 6.42 Å². The smallest absolute Gasteiger partial charge is 0.245 e. The fourth-order valence-corrected chi connectivity index (χ4v) is 2.44. The molecule has 4 heteroatoms. The van der Waals surface area contributed by atoms with Crippen molar-refractivity contribution in [3.05, 3.63) is 0 Å². The van der Waals surface area contributed by atoms with Gasteiger partial charge in [-0.2, -0.15) is 0 Å². The van der Waals surface area contributed by atoms with Gasteiger partial charge in [-0.05, 0) is 32.6 Å². The number of rotatable bonds is 1. The normalized spacial score (nSPS) is 36.9. The molecule has 0 saturated carbocycles. The second-order valence-corrected chi connectivity index (χ2v) is 4.80. The average Bonchev–Trinajstić information content (AvgIpc) is 2.66. The van der Waals surface area contributed by atoms with E-state index in [4.69, 9.17) is 10.5 Å². The summed E-state index contributed by atoms with van der Waals surface area (Å²) in [6.45, 7) is 3.97. The number of piperidine rings is 1. The minimum absolute atomic E-state index is 0.0900. The van der Waals surface area contributed by atoms with Crippen LogP contribution < -0.4 is 5.73 Å². The van der Waals surface area contributed by atoms with Gasteiger partial charge >= 0.3 is 0 Å². The highest BCUT2D eigenvalue weighted by Crippen LogP contribution is 2.24. The van der Waals surface area contributed by atoms with Crippen molar-refractivity contribution in [3.8, 4) is 0 Å². The molecule has 0 aromatic carbocycles. The summed E-state index contributed by atoms with van der Waals surface area (Å²) >= 11 is 0. The minimum Gasteiger partial charge on any atom is -0.379 e. The molecule has 2 aliphatic rings. The summed E-state index contributed by atoms with van der Waals surface area (Å²) in [5.41, 5.74) is 5.34. The van der Waals surface area contributed by atoms with E-state index in [2.05, 4.69) is 6.92 Å². The Morgan fingerprint density at radius 1 is 1.53 bits per heavy atom. The first-order chi connectivity index (χ1) is 7.13. The van der Waals surface area contributed by atoms with Crippen LogP contribution >= 0.6 is 0 Å². The number of nitrogens with zero attached hydrogens (tertiary/aromatic N) is 1. The average molecular weight is 212 g/mol. The number of amides is 1. The first-order valence-corrected chi connectivity index (χ1v) is 5.81. The van der Waals surface area contributed by atoms with Crippen LogP contribution in [-0.4, -0.2) is 42.1 Å². The van der Waals surface area contributed by atoms with Gasteiger partial charge < -0.3 is 15.4 Å². The molecule has 0 bridgehead atoms. The van der Waals surface area contributed by atoms with E-state index >= 15 is 0 Å². The fraction of sp³-hybridized carbons (Fsp3) is 0.909. The van der Waals surface area contributed by atoms with E-state index in [0.29, 0.717) is 25.7 Å². The van der Waals surface area contributed by atoms with Crippen molar-refractivity contribution in [2.24, 2.45) is 5.73 Å². The number of nitrogens with two attached hydrogens (primary N) is 1. The van der Waals surface area contributed by atoms with E-state index in [1.807, 2.05) is 4.90 Å². The third kappa shape index (κ3) is 2.01. The Labute approximate surface area is 90.8 Å². The second kappa shape index (κ2) is 4.10. The van der Waals surface area contributed by atoms with Crippen LogP contribution in [0.3, 0.4) is 0 Å². The number of hydrogen-bond donors (Lipinski definition) is 1. The van der Waals surface area contributed by atoms with E-state index in [-0.39, 0.29) is 5.91 Å². The van der Waals surface area contributed by atoms with Crippen LogP contribution in [0, 0.1) is 0 Å². The third-order valence-corrected chi connectivity index (χ3v) is 3.54. The van der Waals surface area contributed by atoms with Gasteiger partial charge in [0.05, 0.1) is 6.61 Å². The summed E-state index contributed by atoms with van der Waals surface area (Å²) in [5.74, 6) is 0.0900. The second-order valence-electron chi connectivity index (χ2n) is 4.80. The Kier molecular flexibility index (Phi) is 2.98. The molecule has 1 amide bonds. The molecule has 2 fully saturated rings. The van der Waals surface area contributed by atoms with Crippen LogP contribution in [0.25, 0.3) is 0 Å². The first kappa shape index (κ1) is 10.9. The van der Waals surface area contributed by atoms with Gasteiger partial charge in [-0.15, -0.1) is 0 Å². The maximum Gasteiger partial charge on any atom is 0.245 e. The summed E-state index contributed by atoms with van der Waals surface area (Å²) in [4.78, 5) is 14.2. The summed E-state index contributed by atoms with van der Waals surface area (Å²) < 4.78 is 5.23. The molecule has 4 nitrogen and oxygen atoms in total. The lowest BCUT2D eigenvalue weighted by Gasteiger charge is -2.38. The number of hydrogen-bond acceptors (Lipinski definition) is 3. The van der Waals surface area contributed by atoms with Crippen LogP contribution in [0.1, 0.15) is 32.6 Å². The number of carbonyl (C=O) groups excluding carboxylic acids is 1. The molecule has 0 aromatic rings. The third-order valence-electron chi connectivity index (χ3n) is 3.54. The van der Waals surface area contributed by atoms with E-state index in [1.54, 1.807) is 0 Å². The van der Waals surface area contributed by atoms with Crippen molar-refractivity contribution in [3.63, 3.8) is 0 Å². The van der Waals surface area contributed by atoms with Crippen LogP contribution in [0.5, 0.6) is 0 Å². The van der Waals surface area contributed by atoms with Gasteiger partial charge in [0, 0.05) is 19.2 Å². The van der Waals surface area contributed by atoms with Crippen molar-refractivity contribution in [1.82, 2.24) is 4.90 Å². The number of likely N-dealkylation sites (tertiary alicyclic amines) is 1. The van der Waals surface area contributed by atoms with Gasteiger partial charge in [-0.3, -0.25) is 4.79 Å². The molecule has 86 valence electrons. The maximum atomic E-state index is 12.3. The molecule has 2 aliphatic heterocycles. The van der Waals surface area contributed by atoms with Crippen molar-refractivity contribution < 1.29 is 9.53 Å². The molecule has 0 aliphatic carbocycles. The van der Waals surface area contributed by atoms with Crippen LogP contribution in [0.2, 0.25) is 0 Å². The highest BCUT2D eigenvalue weighted by Gasteiger charge is 2.42. The van der Waals surface area contributed by atoms with Gasteiger partial charge in [-0.25, -0.2) is 0 Å². The Morgan fingerprint density at radius 2 is 2.33 bits per heavy atom. The predicted molar refractivity (Wildman–Crippen MR) is 57.4 cm³/mol. The molecule has 2 atom stereocenters. The van der Waals surface area contributed by atoms with Crippen LogP contribution in [-0.2, 0) is 9.53 Å². The summed E-state index contributed by atoms with van der Waals surface area (Å²) in [7, 11) is 0. The van der Waals surface area contributed by atoms with Gasteiger partial charge in [0.15, 0.2) is 0 Å². The van der Waals surface area contributed by atoms with Crippen molar-refractivity contribution in [2.75, 3.05) is 19.8 Å². The monoisotopic (exact) mass is 212 g/mol. The molecule has 2 N–H and O–H groups in total. The highest BCUT2D eigenvalue weighted by molar-refractivity contribution is 5.87. The van der Waals surface area contributed by atoms with Crippen LogP contribution in [0.4, 0.5) is 0 Å². The maximum absolute atomic E-state index is 12.3. The van der Waals surface area contributed by atoms with Crippen molar-refractivity contribution >= 4 is 5.91 Å². The Hall–Kier alpha value is -0.610. The quantitative estimate of drug-likeness (QED) is 0.689. The number of carbonyl (C=O) groups is 1. The summed E-state index contributed by atoms with van der Waals surface area (Å²) in [5, 5.41) is 0. The molecule has 2 heterocycles. The Morgan fingerprint density at radius 3 is 2.93 bits per heavy atom. The first-order valence-electron chi connectivity index (χ1n) is 5.81. The molecule has 2 saturated heterocycles. The molecule has 2 rings (SSSR count). The fourth-order valence-electron chi connectivity index (χ4n) is 2.44. The lowest BCUT2D eigenvalue weighted by molar-refractivity contribution is -0.140. The Bertz CT molecular complexity index is 249. The molecule has 15 heavy (non-hydrogen) atoms. The van der Waals surface area contributed by atoms with E-state index < -0.39 is 5.54 Å². The summed E-state index contributed by atoms with van der Waals surface area (Å²) in [6, 6.07) is 0.340. The lowest BCUT2D eigenvalue weighted by Crippen LogP contribution is -2.58. The zero-order valence-electron chi connectivity index (χ0n) is 9.37. The zero-order chi connectivity index (χ0) is 10.9. The SMILES string of the molecule is CC1CCCCN1C(=O)C1(N)CCOC1. The van der Waals surface area contributed by atoms with Crippen molar-refractivity contribution in [1.29, 1.82) is 0 Å². The molecule has 0 radical (unpaired) electrons. The summed E-state index contributed by atoms with van der Waals surface area (Å²) in [6.07, 6.45) is 4.09. The molecule has 2 unspecified atom stereocenters. The molecule has 0 aromatic heterocycles. The Balaban J connectivity index is 2.05. The van der Waals surface area contributed by atoms with Crippen molar-refractivity contribution in [2.45, 2.75) is 44.2 Å². The lowest BCUT2D eigenvalue weighted by atomic mass is 9.94. The van der Waals surface area contributed by atoms with Gasteiger partial charge in [0.1, 0.15) is 5.54 Å². The van der Waals surface area contributed by atoms with Crippen LogP contribution in [0.15, 0.2) is 0 Å². The predicted octanol–water partition coefficient (Wildman–Crippen LogP) is 0.505. The highest BCUT2D eigenvalue weighted by atomic mass is 16.5. The standard InChI is InChI=1S/C11H20N2O2/c1-9-4-2-3-6-13(9)10(14)11(12)5-7-15-8-11/h9H,2-8,12H2,1H3. The largest absolute Gasteiger partial charge is 0.379 e. The van der Waals surface area contributed by atoms with E-state index in [0.717, 1.165) is 19.4 Å². The molecular formula is C11H20N2O2. The minimum atomic E-state index is -0.744. The zero-order valence-corrected chi connectivity index (χ0v) is 9.37. The van der Waals surface area contributed by atoms with Gasteiger partial charge in [0.2, 0.25) is 5.91 Å².